The van der Waals surface area contributed by atoms with Crippen LogP contribution in [-0.4, -0.2) is 9.55 Å². The van der Waals surface area contributed by atoms with Crippen molar-refractivity contribution in [1.82, 2.24) is 9.55 Å². The zero-order valence-electron chi connectivity index (χ0n) is 10.9. The van der Waals surface area contributed by atoms with Crippen molar-refractivity contribution in [3.63, 3.8) is 0 Å². The topological polar surface area (TPSA) is 34.9 Å². The Morgan fingerprint density at radius 1 is 1.18 bits per heavy atom. The van der Waals surface area contributed by atoms with Crippen LogP contribution in [0.15, 0.2) is 9.27 Å². The maximum absolute atomic E-state index is 11.8. The first-order chi connectivity index (χ1) is 8.07. The second kappa shape index (κ2) is 6.94. The molecule has 1 rings (SSSR count). The number of rotatable bonds is 6. The second-order valence-corrected chi connectivity index (χ2v) is 5.24. The molecule has 1 aromatic heterocycles. The molecule has 0 aliphatic rings. The molecule has 0 unspecified atom stereocenters. The Labute approximate surface area is 111 Å². The number of unbranched alkanes of at least 4 members (excludes halogenated alkanes) is 4. The Bertz CT molecular complexity index is 426. The zero-order valence-corrected chi connectivity index (χ0v) is 12.5. The minimum Gasteiger partial charge on any atom is -0.295 e. The maximum Gasteiger partial charge on any atom is 0.348 e. The third kappa shape index (κ3) is 3.95. The molecule has 96 valence electrons. The Kier molecular flexibility index (Phi) is 5.89. The highest BCUT2D eigenvalue weighted by molar-refractivity contribution is 9.10. The van der Waals surface area contributed by atoms with Gasteiger partial charge in [0.2, 0.25) is 0 Å². The van der Waals surface area contributed by atoms with E-state index in [9.17, 15) is 4.79 Å². The first-order valence-corrected chi connectivity index (χ1v) is 7.10. The van der Waals surface area contributed by atoms with E-state index < -0.39 is 0 Å². The zero-order chi connectivity index (χ0) is 12.8. The number of halogens is 1. The predicted octanol–water partition coefficient (Wildman–Crippen LogP) is 3.59. The second-order valence-electron chi connectivity index (χ2n) is 4.45. The van der Waals surface area contributed by atoms with Crippen LogP contribution in [-0.2, 0) is 6.54 Å². The van der Waals surface area contributed by atoms with Gasteiger partial charge in [0.05, 0.1) is 10.2 Å². The number of aryl methyl sites for hydroxylation is 1. The smallest absolute Gasteiger partial charge is 0.295 e. The van der Waals surface area contributed by atoms with Crippen LogP contribution in [0.4, 0.5) is 0 Å². The van der Waals surface area contributed by atoms with Crippen molar-refractivity contribution >= 4 is 15.9 Å². The van der Waals surface area contributed by atoms with E-state index in [0.717, 1.165) is 28.8 Å². The molecule has 0 aromatic carbocycles. The van der Waals surface area contributed by atoms with Crippen LogP contribution in [0, 0.1) is 13.8 Å². The summed E-state index contributed by atoms with van der Waals surface area (Å²) in [5.41, 5.74) is 1.63. The largest absolute Gasteiger partial charge is 0.348 e. The molecule has 0 saturated heterocycles. The summed E-state index contributed by atoms with van der Waals surface area (Å²) in [6, 6.07) is 0. The molecule has 0 N–H and O–H groups in total. The van der Waals surface area contributed by atoms with E-state index in [1.807, 2.05) is 13.8 Å². The van der Waals surface area contributed by atoms with Gasteiger partial charge in [0.1, 0.15) is 0 Å². The van der Waals surface area contributed by atoms with E-state index >= 15 is 0 Å². The summed E-state index contributed by atoms with van der Waals surface area (Å²) >= 11 is 3.48. The molecule has 0 radical (unpaired) electrons. The molecule has 0 atom stereocenters. The van der Waals surface area contributed by atoms with E-state index in [4.69, 9.17) is 0 Å². The lowest BCUT2D eigenvalue weighted by Crippen LogP contribution is -2.26. The van der Waals surface area contributed by atoms with Crippen molar-refractivity contribution in [2.75, 3.05) is 0 Å². The fraction of sp³-hybridized carbons (Fsp3) is 0.692. The molecular formula is C13H21BrN2O. The highest BCUT2D eigenvalue weighted by Gasteiger charge is 2.08. The maximum atomic E-state index is 11.8. The molecule has 4 heteroatoms. The SMILES string of the molecule is CCCCCCCn1c(C)c(Br)c(C)nc1=O. The van der Waals surface area contributed by atoms with E-state index in [1.54, 1.807) is 4.57 Å². The minimum absolute atomic E-state index is 0.126. The summed E-state index contributed by atoms with van der Waals surface area (Å²) in [6.07, 6.45) is 6.02. The van der Waals surface area contributed by atoms with Crippen LogP contribution >= 0.6 is 15.9 Å². The molecule has 0 saturated carbocycles. The van der Waals surface area contributed by atoms with Gasteiger partial charge in [0.15, 0.2) is 0 Å². The number of hydrogen-bond donors (Lipinski definition) is 0. The van der Waals surface area contributed by atoms with Crippen molar-refractivity contribution in [2.24, 2.45) is 0 Å². The quantitative estimate of drug-likeness (QED) is 0.753. The third-order valence-corrected chi connectivity index (χ3v) is 4.17. The average Bonchev–Trinajstić information content (AvgIpc) is 2.30. The van der Waals surface area contributed by atoms with Crippen molar-refractivity contribution in [1.29, 1.82) is 0 Å². The summed E-state index contributed by atoms with van der Waals surface area (Å²) in [5, 5.41) is 0. The van der Waals surface area contributed by atoms with E-state index in [1.165, 1.54) is 25.7 Å². The summed E-state index contributed by atoms with van der Waals surface area (Å²) in [6.45, 7) is 6.80. The molecule has 1 aromatic rings. The fourth-order valence-electron chi connectivity index (χ4n) is 1.91. The normalized spacial score (nSPS) is 10.8. The van der Waals surface area contributed by atoms with Crippen LogP contribution in [0.5, 0.6) is 0 Å². The van der Waals surface area contributed by atoms with Crippen molar-refractivity contribution in [3.8, 4) is 0 Å². The van der Waals surface area contributed by atoms with Gasteiger partial charge in [-0.15, -0.1) is 0 Å². The molecule has 0 aliphatic carbocycles. The molecule has 1 heterocycles. The molecule has 0 spiro atoms. The van der Waals surface area contributed by atoms with Crippen LogP contribution in [0.3, 0.4) is 0 Å². The van der Waals surface area contributed by atoms with Crippen LogP contribution in [0.25, 0.3) is 0 Å². The molecular weight excluding hydrogens is 280 g/mol. The molecule has 0 aliphatic heterocycles. The molecule has 3 nitrogen and oxygen atoms in total. The molecule has 0 amide bonds. The first kappa shape index (κ1) is 14.4. The Balaban J connectivity index is 2.65. The van der Waals surface area contributed by atoms with Gasteiger partial charge < -0.3 is 0 Å². The Hall–Kier alpha value is -0.640. The third-order valence-electron chi connectivity index (χ3n) is 3.02. The summed E-state index contributed by atoms with van der Waals surface area (Å²) in [5.74, 6) is 0. The van der Waals surface area contributed by atoms with Crippen LogP contribution in [0.1, 0.15) is 50.4 Å². The minimum atomic E-state index is -0.126. The van der Waals surface area contributed by atoms with E-state index in [-0.39, 0.29) is 5.69 Å². The van der Waals surface area contributed by atoms with Gasteiger partial charge in [-0.2, -0.15) is 4.98 Å². The predicted molar refractivity (Wildman–Crippen MR) is 74.4 cm³/mol. The highest BCUT2D eigenvalue weighted by atomic mass is 79.9. The summed E-state index contributed by atoms with van der Waals surface area (Å²) in [7, 11) is 0. The first-order valence-electron chi connectivity index (χ1n) is 6.31. The lowest BCUT2D eigenvalue weighted by Gasteiger charge is -2.11. The fourth-order valence-corrected chi connectivity index (χ4v) is 2.22. The summed E-state index contributed by atoms with van der Waals surface area (Å²) in [4.78, 5) is 15.8. The van der Waals surface area contributed by atoms with Gasteiger partial charge in [0.25, 0.3) is 0 Å². The molecule has 0 fully saturated rings. The van der Waals surface area contributed by atoms with Gasteiger partial charge in [-0.1, -0.05) is 32.6 Å². The number of aromatic nitrogens is 2. The van der Waals surface area contributed by atoms with Gasteiger partial charge >= 0.3 is 5.69 Å². The van der Waals surface area contributed by atoms with Gasteiger partial charge in [-0.05, 0) is 36.2 Å². The lowest BCUT2D eigenvalue weighted by molar-refractivity contribution is 0.540. The average molecular weight is 301 g/mol. The number of hydrogen-bond acceptors (Lipinski definition) is 2. The monoisotopic (exact) mass is 300 g/mol. The van der Waals surface area contributed by atoms with E-state index in [0.29, 0.717) is 0 Å². The van der Waals surface area contributed by atoms with Gasteiger partial charge in [-0.3, -0.25) is 4.57 Å². The lowest BCUT2D eigenvalue weighted by atomic mass is 10.1. The standard InChI is InChI=1S/C13H21BrN2O/c1-4-5-6-7-8-9-16-11(3)12(14)10(2)15-13(16)17/h4-9H2,1-3H3. The van der Waals surface area contributed by atoms with E-state index in [2.05, 4.69) is 27.8 Å². The van der Waals surface area contributed by atoms with Gasteiger partial charge in [0, 0.05) is 12.2 Å². The van der Waals surface area contributed by atoms with Crippen molar-refractivity contribution in [2.45, 2.75) is 59.4 Å². The molecule has 0 bridgehead atoms. The molecule has 17 heavy (non-hydrogen) atoms. The Morgan fingerprint density at radius 3 is 2.47 bits per heavy atom. The Morgan fingerprint density at radius 2 is 1.82 bits per heavy atom. The van der Waals surface area contributed by atoms with Gasteiger partial charge in [-0.25, -0.2) is 4.79 Å². The van der Waals surface area contributed by atoms with Crippen molar-refractivity contribution < 1.29 is 0 Å². The van der Waals surface area contributed by atoms with Crippen LogP contribution in [0.2, 0.25) is 0 Å². The van der Waals surface area contributed by atoms with Crippen molar-refractivity contribution in [3.05, 3.63) is 26.3 Å². The number of nitrogens with zero attached hydrogens (tertiary/aromatic N) is 2. The van der Waals surface area contributed by atoms with Crippen LogP contribution < -0.4 is 5.69 Å². The highest BCUT2D eigenvalue weighted by Crippen LogP contribution is 2.17. The summed E-state index contributed by atoms with van der Waals surface area (Å²) < 4.78 is 2.72.